The van der Waals surface area contributed by atoms with Crippen LogP contribution in [-0.2, 0) is 0 Å². The zero-order chi connectivity index (χ0) is 17.6. The van der Waals surface area contributed by atoms with Gasteiger partial charge in [-0.2, -0.15) is 0 Å². The van der Waals surface area contributed by atoms with Crippen molar-refractivity contribution in [3.63, 3.8) is 0 Å². The number of aromatic nitrogens is 2. The third kappa shape index (κ3) is 4.58. The molecule has 0 aliphatic carbocycles. The molecule has 2 aromatic carbocycles. The van der Waals surface area contributed by atoms with E-state index in [2.05, 4.69) is 15.5 Å². The van der Waals surface area contributed by atoms with Crippen LogP contribution < -0.4 is 10.1 Å². The number of hydrogen-bond acceptors (Lipinski definition) is 7. The van der Waals surface area contributed by atoms with Crippen molar-refractivity contribution in [2.45, 2.75) is 11.3 Å². The van der Waals surface area contributed by atoms with E-state index in [4.69, 9.17) is 4.74 Å². The monoisotopic (exact) mass is 371 g/mol. The zero-order valence-corrected chi connectivity index (χ0v) is 15.5. The molecule has 5 nitrogen and oxygen atoms in total. The Morgan fingerprint density at radius 1 is 1.20 bits per heavy atom. The summed E-state index contributed by atoms with van der Waals surface area (Å²) in [5, 5.41) is 12.2. The van der Waals surface area contributed by atoms with Crippen LogP contribution in [0.4, 0.5) is 10.8 Å². The molecule has 0 atom stereocenters. The van der Waals surface area contributed by atoms with E-state index in [1.54, 1.807) is 19.2 Å². The van der Waals surface area contributed by atoms with Crippen molar-refractivity contribution in [3.8, 4) is 5.75 Å². The summed E-state index contributed by atoms with van der Waals surface area (Å²) in [6.07, 6.45) is 0. The minimum atomic E-state index is 0.00541. The summed E-state index contributed by atoms with van der Waals surface area (Å²) in [6.45, 7) is 2.04. The molecule has 0 radical (unpaired) electrons. The van der Waals surface area contributed by atoms with Crippen molar-refractivity contribution in [2.75, 3.05) is 18.2 Å². The van der Waals surface area contributed by atoms with Gasteiger partial charge >= 0.3 is 0 Å². The Hall–Kier alpha value is -2.38. The molecule has 128 valence electrons. The number of anilines is 2. The van der Waals surface area contributed by atoms with Crippen molar-refractivity contribution < 1.29 is 9.53 Å². The van der Waals surface area contributed by atoms with E-state index >= 15 is 0 Å². The first-order valence-electron chi connectivity index (χ1n) is 7.62. The smallest absolute Gasteiger partial charge is 0.210 e. The first-order valence-corrected chi connectivity index (χ1v) is 9.42. The molecule has 3 aromatic rings. The van der Waals surface area contributed by atoms with Gasteiger partial charge in [0, 0.05) is 5.69 Å². The zero-order valence-electron chi connectivity index (χ0n) is 13.9. The average molecular weight is 371 g/mol. The Balaban J connectivity index is 1.61. The number of Topliss-reactive ketones (excluding diaryl/α,β-unsaturated/α-hetero) is 1. The number of ether oxygens (including phenoxy) is 1. The highest BCUT2D eigenvalue weighted by molar-refractivity contribution is 8.01. The molecule has 0 aliphatic rings. The minimum absolute atomic E-state index is 0.00541. The van der Waals surface area contributed by atoms with Crippen LogP contribution in [0.5, 0.6) is 5.75 Å². The van der Waals surface area contributed by atoms with E-state index in [9.17, 15) is 4.79 Å². The fraction of sp³-hybridized carbons (Fsp3) is 0.167. The molecule has 3 rings (SSSR count). The van der Waals surface area contributed by atoms with E-state index in [0.717, 1.165) is 10.0 Å². The highest BCUT2D eigenvalue weighted by atomic mass is 32.2. The highest BCUT2D eigenvalue weighted by Crippen LogP contribution is 2.29. The lowest BCUT2D eigenvalue weighted by molar-refractivity contribution is 0.101. The average Bonchev–Trinajstić information content (AvgIpc) is 3.07. The molecule has 0 amide bonds. The third-order valence-corrected chi connectivity index (χ3v) is 5.38. The second-order valence-corrected chi connectivity index (χ2v) is 7.48. The van der Waals surface area contributed by atoms with E-state index in [0.29, 0.717) is 22.2 Å². The Morgan fingerprint density at radius 3 is 2.84 bits per heavy atom. The van der Waals surface area contributed by atoms with Gasteiger partial charge in [-0.05, 0) is 36.8 Å². The molecule has 1 aromatic heterocycles. The normalized spacial score (nSPS) is 10.5. The first-order chi connectivity index (χ1) is 12.2. The quantitative estimate of drug-likeness (QED) is 0.485. The van der Waals surface area contributed by atoms with Gasteiger partial charge < -0.3 is 10.1 Å². The second-order valence-electron chi connectivity index (χ2n) is 5.28. The molecule has 0 saturated carbocycles. The molecule has 0 bridgehead atoms. The van der Waals surface area contributed by atoms with Crippen LogP contribution in [0, 0.1) is 6.92 Å². The van der Waals surface area contributed by atoms with Gasteiger partial charge in [0.2, 0.25) is 5.13 Å². The number of carbonyl (C=O) groups excluding carboxylic acids is 1. The molecule has 25 heavy (non-hydrogen) atoms. The molecular weight excluding hydrogens is 354 g/mol. The number of carbonyl (C=O) groups is 1. The molecule has 0 spiro atoms. The van der Waals surface area contributed by atoms with Crippen LogP contribution in [0.25, 0.3) is 0 Å². The largest absolute Gasteiger partial charge is 0.496 e. The lowest BCUT2D eigenvalue weighted by Crippen LogP contribution is -2.04. The van der Waals surface area contributed by atoms with Crippen LogP contribution in [0.15, 0.2) is 52.9 Å². The van der Waals surface area contributed by atoms with Crippen LogP contribution in [0.3, 0.4) is 0 Å². The van der Waals surface area contributed by atoms with Gasteiger partial charge in [0.05, 0.1) is 18.4 Å². The summed E-state index contributed by atoms with van der Waals surface area (Å²) in [4.78, 5) is 12.4. The molecule has 0 saturated heterocycles. The summed E-state index contributed by atoms with van der Waals surface area (Å²) in [5.74, 6) is 0.887. The van der Waals surface area contributed by atoms with Crippen LogP contribution in [-0.4, -0.2) is 28.8 Å². The number of nitrogens with zero attached hydrogens (tertiary/aromatic N) is 2. The van der Waals surface area contributed by atoms with Gasteiger partial charge in [0.15, 0.2) is 10.1 Å². The molecular formula is C18H17N3O2S2. The standard InChI is InChI=1S/C18H17N3O2S2/c1-12-6-5-7-13(10-12)19-17-20-21-18(25-17)24-11-15(22)14-8-3-4-9-16(14)23-2/h3-10H,11H2,1-2H3,(H,19,20). The molecule has 1 N–H and O–H groups in total. The van der Waals surface area contributed by atoms with Crippen molar-refractivity contribution >= 4 is 39.7 Å². The lowest BCUT2D eigenvalue weighted by atomic mass is 10.1. The van der Waals surface area contributed by atoms with Crippen LogP contribution >= 0.6 is 23.1 Å². The van der Waals surface area contributed by atoms with E-state index in [1.807, 2.05) is 43.3 Å². The molecule has 0 fully saturated rings. The summed E-state index contributed by atoms with van der Waals surface area (Å²) < 4.78 is 5.98. The highest BCUT2D eigenvalue weighted by Gasteiger charge is 2.13. The summed E-state index contributed by atoms with van der Waals surface area (Å²) >= 11 is 2.80. The SMILES string of the molecule is COc1ccccc1C(=O)CSc1nnc(Nc2cccc(C)c2)s1. The van der Waals surface area contributed by atoms with E-state index < -0.39 is 0 Å². The maximum atomic E-state index is 12.4. The van der Waals surface area contributed by atoms with E-state index in [-0.39, 0.29) is 5.78 Å². The molecule has 7 heteroatoms. The second kappa shape index (κ2) is 8.13. The third-order valence-electron chi connectivity index (χ3n) is 3.41. The summed E-state index contributed by atoms with van der Waals surface area (Å²) in [7, 11) is 1.56. The van der Waals surface area contributed by atoms with Crippen LogP contribution in [0.1, 0.15) is 15.9 Å². The van der Waals surface area contributed by atoms with Gasteiger partial charge in [-0.15, -0.1) is 10.2 Å². The van der Waals surface area contributed by atoms with Crippen LogP contribution in [0.2, 0.25) is 0 Å². The maximum absolute atomic E-state index is 12.4. The van der Waals surface area contributed by atoms with Gasteiger partial charge in [-0.1, -0.05) is 47.4 Å². The lowest BCUT2D eigenvalue weighted by Gasteiger charge is -2.05. The summed E-state index contributed by atoms with van der Waals surface area (Å²) in [6, 6.07) is 15.3. The molecule has 1 heterocycles. The number of rotatable bonds is 7. The summed E-state index contributed by atoms with van der Waals surface area (Å²) in [5.41, 5.74) is 2.73. The number of para-hydroxylation sites is 1. The van der Waals surface area contributed by atoms with Gasteiger partial charge in [0.25, 0.3) is 0 Å². The van der Waals surface area contributed by atoms with Crippen molar-refractivity contribution in [1.82, 2.24) is 10.2 Å². The predicted octanol–water partition coefficient (Wildman–Crippen LogP) is 4.57. The first kappa shape index (κ1) is 17.4. The topological polar surface area (TPSA) is 64.1 Å². The molecule has 0 unspecified atom stereocenters. The van der Waals surface area contributed by atoms with Gasteiger partial charge in [-0.3, -0.25) is 4.79 Å². The predicted molar refractivity (Wildman–Crippen MR) is 102 cm³/mol. The maximum Gasteiger partial charge on any atom is 0.210 e. The number of ketones is 1. The van der Waals surface area contributed by atoms with E-state index in [1.165, 1.54) is 28.7 Å². The Morgan fingerprint density at radius 2 is 2.04 bits per heavy atom. The van der Waals surface area contributed by atoms with Gasteiger partial charge in [-0.25, -0.2) is 0 Å². The number of aryl methyl sites for hydroxylation is 1. The molecule has 0 aliphatic heterocycles. The fourth-order valence-corrected chi connectivity index (χ4v) is 3.90. The Kier molecular flexibility index (Phi) is 5.67. The van der Waals surface area contributed by atoms with Gasteiger partial charge in [0.1, 0.15) is 5.75 Å². The number of benzene rings is 2. The fourth-order valence-electron chi connectivity index (χ4n) is 2.24. The van der Waals surface area contributed by atoms with Crippen molar-refractivity contribution in [1.29, 1.82) is 0 Å². The Labute approximate surface area is 154 Å². The minimum Gasteiger partial charge on any atom is -0.496 e. The van der Waals surface area contributed by atoms with Crippen molar-refractivity contribution in [3.05, 3.63) is 59.7 Å². The number of nitrogens with one attached hydrogen (secondary N) is 1. The Bertz CT molecular complexity index is 880. The van der Waals surface area contributed by atoms with Crippen molar-refractivity contribution in [2.24, 2.45) is 0 Å². The number of methoxy groups -OCH3 is 1. The number of hydrogen-bond donors (Lipinski definition) is 1. The number of thioether (sulfide) groups is 1.